The van der Waals surface area contributed by atoms with Gasteiger partial charge in [0.1, 0.15) is 12.7 Å². The molecule has 0 aromatic carbocycles. The van der Waals surface area contributed by atoms with Gasteiger partial charge in [0.25, 0.3) is 0 Å². The van der Waals surface area contributed by atoms with Gasteiger partial charge in [0, 0.05) is 12.8 Å². The minimum Gasteiger partial charge on any atom is -0.462 e. The number of aliphatic hydroxyl groups excluding tert-OH is 2. The summed E-state index contributed by atoms with van der Waals surface area (Å²) in [7, 11) is -4.62. The van der Waals surface area contributed by atoms with Crippen molar-refractivity contribution in [3.63, 3.8) is 0 Å². The lowest BCUT2D eigenvalue weighted by Crippen LogP contribution is -2.29. The molecule has 10 nitrogen and oxygen atoms in total. The molecular formula is C47H91O10P. The summed E-state index contributed by atoms with van der Waals surface area (Å²) in [6.07, 6.45) is 43.2. The Morgan fingerprint density at radius 1 is 0.500 bits per heavy atom. The van der Waals surface area contributed by atoms with Crippen LogP contribution in [0.25, 0.3) is 0 Å². The summed E-state index contributed by atoms with van der Waals surface area (Å²) in [6.45, 7) is 2.41. The van der Waals surface area contributed by atoms with Gasteiger partial charge in [-0.2, -0.15) is 0 Å². The van der Waals surface area contributed by atoms with E-state index in [1.165, 1.54) is 154 Å². The molecule has 0 aliphatic rings. The zero-order valence-corrected chi connectivity index (χ0v) is 38.4. The number of phosphoric acid groups is 1. The second-order valence-electron chi connectivity index (χ2n) is 16.5. The molecule has 58 heavy (non-hydrogen) atoms. The Balaban J connectivity index is 4.18. The first-order chi connectivity index (χ1) is 28.2. The molecule has 0 saturated carbocycles. The monoisotopic (exact) mass is 847 g/mol. The van der Waals surface area contributed by atoms with E-state index < -0.39 is 51.8 Å². The van der Waals surface area contributed by atoms with Crippen molar-refractivity contribution in [2.75, 3.05) is 26.4 Å². The number of esters is 2. The number of unbranched alkanes of at least 4 members (excludes halogenated alkanes) is 30. The van der Waals surface area contributed by atoms with Crippen LogP contribution in [0.2, 0.25) is 0 Å². The molecule has 0 heterocycles. The SMILES string of the molecule is CCCCCC/C=C/CCCCCCCCCC(=O)OC[C@H](COP(=O)(O)OC[C@@H](O)CO)OC(=O)CCCCCCCCCCCCCCCCCCCCCC. The van der Waals surface area contributed by atoms with E-state index in [1.54, 1.807) is 0 Å². The number of phosphoric ester groups is 1. The number of carbonyl (C=O) groups is 2. The lowest BCUT2D eigenvalue weighted by Gasteiger charge is -2.20. The topological polar surface area (TPSA) is 149 Å². The van der Waals surface area contributed by atoms with Crippen molar-refractivity contribution in [2.24, 2.45) is 0 Å². The third-order valence-corrected chi connectivity index (χ3v) is 11.6. The lowest BCUT2D eigenvalue weighted by molar-refractivity contribution is -0.161. The van der Waals surface area contributed by atoms with Crippen LogP contribution >= 0.6 is 7.82 Å². The van der Waals surface area contributed by atoms with E-state index >= 15 is 0 Å². The van der Waals surface area contributed by atoms with Gasteiger partial charge >= 0.3 is 19.8 Å². The molecule has 3 atom stereocenters. The normalized spacial score (nSPS) is 13.8. The summed E-state index contributed by atoms with van der Waals surface area (Å²) in [6, 6.07) is 0. The summed E-state index contributed by atoms with van der Waals surface area (Å²) >= 11 is 0. The summed E-state index contributed by atoms with van der Waals surface area (Å²) in [5.74, 6) is -0.916. The van der Waals surface area contributed by atoms with Crippen molar-refractivity contribution in [1.82, 2.24) is 0 Å². The highest BCUT2D eigenvalue weighted by atomic mass is 31.2. The van der Waals surface area contributed by atoms with Crippen molar-refractivity contribution in [3.05, 3.63) is 12.2 Å². The van der Waals surface area contributed by atoms with Crippen LogP contribution in [-0.2, 0) is 32.7 Å². The highest BCUT2D eigenvalue weighted by Gasteiger charge is 2.27. The van der Waals surface area contributed by atoms with Gasteiger partial charge in [-0.1, -0.05) is 199 Å². The smallest absolute Gasteiger partial charge is 0.462 e. The molecule has 0 saturated heterocycles. The average Bonchev–Trinajstić information content (AvgIpc) is 3.21. The highest BCUT2D eigenvalue weighted by Crippen LogP contribution is 2.43. The summed E-state index contributed by atoms with van der Waals surface area (Å²) < 4.78 is 32.8. The van der Waals surface area contributed by atoms with Gasteiger partial charge in [-0.3, -0.25) is 18.6 Å². The fourth-order valence-corrected chi connectivity index (χ4v) is 7.72. The quantitative estimate of drug-likeness (QED) is 0.0234. The van der Waals surface area contributed by atoms with Crippen LogP contribution in [0.3, 0.4) is 0 Å². The minimum atomic E-state index is -4.62. The van der Waals surface area contributed by atoms with Gasteiger partial charge in [-0.25, -0.2) is 4.57 Å². The molecule has 0 amide bonds. The number of aliphatic hydroxyl groups is 2. The third kappa shape index (κ3) is 42.8. The first-order valence-corrected chi connectivity index (χ1v) is 25.6. The van der Waals surface area contributed by atoms with Crippen molar-refractivity contribution < 1.29 is 47.8 Å². The second-order valence-corrected chi connectivity index (χ2v) is 17.9. The Morgan fingerprint density at radius 2 is 0.845 bits per heavy atom. The maximum absolute atomic E-state index is 12.7. The maximum atomic E-state index is 12.7. The number of allylic oxidation sites excluding steroid dienone is 2. The van der Waals surface area contributed by atoms with Crippen LogP contribution in [0.1, 0.15) is 239 Å². The Kier molecular flexibility index (Phi) is 42.8. The molecule has 0 spiro atoms. The van der Waals surface area contributed by atoms with Gasteiger partial charge in [0.2, 0.25) is 0 Å². The van der Waals surface area contributed by atoms with Crippen LogP contribution < -0.4 is 0 Å². The van der Waals surface area contributed by atoms with E-state index in [0.29, 0.717) is 12.8 Å². The zero-order valence-electron chi connectivity index (χ0n) is 37.5. The molecule has 1 unspecified atom stereocenters. The molecule has 0 rings (SSSR count). The largest absolute Gasteiger partial charge is 0.472 e. The summed E-state index contributed by atoms with van der Waals surface area (Å²) in [5.41, 5.74) is 0. The zero-order chi connectivity index (χ0) is 42.6. The van der Waals surface area contributed by atoms with E-state index in [1.807, 2.05) is 0 Å². The second kappa shape index (κ2) is 43.8. The molecule has 0 aromatic heterocycles. The number of ether oxygens (including phenoxy) is 2. The molecule has 344 valence electrons. The molecule has 0 fully saturated rings. The third-order valence-electron chi connectivity index (χ3n) is 10.7. The number of carbonyl (C=O) groups excluding carboxylic acids is 2. The van der Waals surface area contributed by atoms with Gasteiger partial charge in [0.15, 0.2) is 6.10 Å². The fourth-order valence-electron chi connectivity index (χ4n) is 6.93. The Labute approximate surface area is 356 Å². The number of hydrogen-bond donors (Lipinski definition) is 3. The van der Waals surface area contributed by atoms with Crippen LogP contribution in [0.15, 0.2) is 12.2 Å². The molecule has 11 heteroatoms. The van der Waals surface area contributed by atoms with Crippen molar-refractivity contribution >= 4 is 19.8 Å². The fraction of sp³-hybridized carbons (Fsp3) is 0.915. The van der Waals surface area contributed by atoms with Crippen LogP contribution in [0.5, 0.6) is 0 Å². The number of rotatable bonds is 46. The van der Waals surface area contributed by atoms with Crippen molar-refractivity contribution in [2.45, 2.75) is 251 Å². The van der Waals surface area contributed by atoms with Gasteiger partial charge in [-0.15, -0.1) is 0 Å². The van der Waals surface area contributed by atoms with Crippen LogP contribution in [-0.4, -0.2) is 65.7 Å². The average molecular weight is 847 g/mol. The first-order valence-electron chi connectivity index (χ1n) is 24.1. The predicted octanol–water partition coefficient (Wildman–Crippen LogP) is 13.2. The Hall–Kier alpha value is -1.29. The summed E-state index contributed by atoms with van der Waals surface area (Å²) in [4.78, 5) is 35.1. The molecule has 3 N–H and O–H groups in total. The van der Waals surface area contributed by atoms with Gasteiger partial charge < -0.3 is 24.6 Å². The van der Waals surface area contributed by atoms with E-state index in [4.69, 9.17) is 23.6 Å². The van der Waals surface area contributed by atoms with E-state index in [9.17, 15) is 24.2 Å². The van der Waals surface area contributed by atoms with Crippen LogP contribution in [0, 0.1) is 0 Å². The Bertz CT molecular complexity index is 977. The number of hydrogen-bond acceptors (Lipinski definition) is 9. The van der Waals surface area contributed by atoms with Gasteiger partial charge in [0.05, 0.1) is 19.8 Å². The van der Waals surface area contributed by atoms with E-state index in [2.05, 4.69) is 26.0 Å². The Morgan fingerprint density at radius 3 is 1.26 bits per heavy atom. The molecule has 0 aliphatic heterocycles. The minimum absolute atomic E-state index is 0.190. The van der Waals surface area contributed by atoms with E-state index in [-0.39, 0.29) is 19.4 Å². The molecular weight excluding hydrogens is 755 g/mol. The predicted molar refractivity (Wildman–Crippen MR) is 238 cm³/mol. The standard InChI is InChI=1S/C47H91O10P/c1-3-5-7-9-11-13-15-17-19-20-21-22-23-25-27-29-31-33-35-37-39-47(51)57-45(43-56-58(52,53)55-41-44(49)40-48)42-54-46(50)38-36-34-32-30-28-26-24-18-16-14-12-10-8-6-4-2/h14,16,44-45,48-49H,3-13,15,17-43H2,1-2H3,(H,52,53)/b16-14+/t44-,45+/m0/s1. The lowest BCUT2D eigenvalue weighted by atomic mass is 10.0. The molecule has 0 bridgehead atoms. The summed E-state index contributed by atoms with van der Waals surface area (Å²) in [5, 5.41) is 18.4. The molecule has 0 radical (unpaired) electrons. The van der Waals surface area contributed by atoms with Crippen molar-refractivity contribution in [1.29, 1.82) is 0 Å². The van der Waals surface area contributed by atoms with Crippen molar-refractivity contribution in [3.8, 4) is 0 Å². The van der Waals surface area contributed by atoms with Crippen LogP contribution in [0.4, 0.5) is 0 Å². The highest BCUT2D eigenvalue weighted by molar-refractivity contribution is 7.47. The van der Waals surface area contributed by atoms with Gasteiger partial charge in [-0.05, 0) is 38.5 Å². The maximum Gasteiger partial charge on any atom is 0.472 e. The molecule has 0 aromatic rings. The first kappa shape index (κ1) is 56.7. The molecule has 0 aliphatic carbocycles. The van der Waals surface area contributed by atoms with E-state index in [0.717, 1.165) is 44.9 Å².